The Balaban J connectivity index is 2.01. The average Bonchev–Trinajstić information content (AvgIpc) is 3.14. The highest BCUT2D eigenvalue weighted by Crippen LogP contribution is 2.37. The molecule has 1 fully saturated rings. The molecule has 0 spiro atoms. The van der Waals surface area contributed by atoms with E-state index in [9.17, 15) is 9.59 Å². The minimum atomic E-state index is -0.487. The molecule has 3 N–H and O–H groups in total. The molecule has 1 rings (SSSR count). The summed E-state index contributed by atoms with van der Waals surface area (Å²) in [6.07, 6.45) is 4.22. The van der Waals surface area contributed by atoms with Crippen molar-refractivity contribution in [3.63, 3.8) is 0 Å². The predicted molar refractivity (Wildman–Crippen MR) is 73.4 cm³/mol. The highest BCUT2D eigenvalue weighted by atomic mass is 16.3. The van der Waals surface area contributed by atoms with Crippen LogP contribution < -0.4 is 10.6 Å². The zero-order valence-electron chi connectivity index (χ0n) is 11.9. The maximum Gasteiger partial charge on any atom is 0.245 e. The van der Waals surface area contributed by atoms with Crippen LogP contribution in [0.4, 0.5) is 0 Å². The van der Waals surface area contributed by atoms with Gasteiger partial charge >= 0.3 is 0 Å². The van der Waals surface area contributed by atoms with Crippen LogP contribution in [0.3, 0.4) is 0 Å². The minimum Gasteiger partial charge on any atom is -0.387 e. The third-order valence-corrected chi connectivity index (χ3v) is 3.47. The van der Waals surface area contributed by atoms with E-state index >= 15 is 0 Å². The van der Waals surface area contributed by atoms with Crippen molar-refractivity contribution in [1.82, 2.24) is 10.6 Å². The fourth-order valence-corrected chi connectivity index (χ4v) is 2.12. The quantitative estimate of drug-likeness (QED) is 0.539. The molecule has 110 valence electrons. The SMILES string of the molecule is CC(C)CCCCNC(=O)C1CC1CNC(=O)CO. The standard InChI is InChI=1S/C14H26N2O3/c1-10(2)5-3-4-6-15-14(19)12-7-11(12)8-16-13(18)9-17/h10-12,17H,3-9H2,1-2H3,(H,15,19)(H,16,18). The molecule has 2 amide bonds. The molecule has 0 saturated heterocycles. The van der Waals surface area contributed by atoms with Gasteiger partial charge in [-0.05, 0) is 24.7 Å². The Morgan fingerprint density at radius 3 is 2.63 bits per heavy atom. The molecule has 0 aromatic carbocycles. The van der Waals surface area contributed by atoms with Gasteiger partial charge in [0.25, 0.3) is 0 Å². The maximum absolute atomic E-state index is 11.8. The van der Waals surface area contributed by atoms with Gasteiger partial charge in [0.1, 0.15) is 6.61 Å². The summed E-state index contributed by atoms with van der Waals surface area (Å²) in [5.74, 6) is 0.737. The van der Waals surface area contributed by atoms with Crippen LogP contribution in [0.15, 0.2) is 0 Å². The van der Waals surface area contributed by atoms with Crippen LogP contribution in [0.25, 0.3) is 0 Å². The Hall–Kier alpha value is -1.10. The Bertz CT molecular complexity index is 305. The highest BCUT2D eigenvalue weighted by molar-refractivity contribution is 5.82. The molecule has 0 aliphatic heterocycles. The van der Waals surface area contributed by atoms with E-state index < -0.39 is 6.61 Å². The van der Waals surface area contributed by atoms with E-state index in [0.29, 0.717) is 6.54 Å². The Morgan fingerprint density at radius 2 is 2.00 bits per heavy atom. The monoisotopic (exact) mass is 270 g/mol. The average molecular weight is 270 g/mol. The van der Waals surface area contributed by atoms with E-state index in [1.165, 1.54) is 6.42 Å². The van der Waals surface area contributed by atoms with Crippen molar-refractivity contribution in [2.24, 2.45) is 17.8 Å². The molecule has 1 aliphatic rings. The molecule has 5 heteroatoms. The molecule has 1 aliphatic carbocycles. The van der Waals surface area contributed by atoms with E-state index in [4.69, 9.17) is 5.11 Å². The van der Waals surface area contributed by atoms with Crippen LogP contribution in [0.1, 0.15) is 39.5 Å². The van der Waals surface area contributed by atoms with Crippen molar-refractivity contribution in [3.8, 4) is 0 Å². The van der Waals surface area contributed by atoms with Gasteiger partial charge in [0.2, 0.25) is 11.8 Å². The summed E-state index contributed by atoms with van der Waals surface area (Å²) >= 11 is 0. The third-order valence-electron chi connectivity index (χ3n) is 3.47. The number of aliphatic hydroxyl groups is 1. The number of hydrogen-bond acceptors (Lipinski definition) is 3. The van der Waals surface area contributed by atoms with Gasteiger partial charge in [-0.15, -0.1) is 0 Å². The Kier molecular flexibility index (Phi) is 6.84. The lowest BCUT2D eigenvalue weighted by atomic mass is 10.1. The number of rotatable bonds is 9. The smallest absolute Gasteiger partial charge is 0.245 e. The largest absolute Gasteiger partial charge is 0.387 e. The van der Waals surface area contributed by atoms with Crippen molar-refractivity contribution in [1.29, 1.82) is 0 Å². The zero-order chi connectivity index (χ0) is 14.3. The van der Waals surface area contributed by atoms with Gasteiger partial charge in [-0.25, -0.2) is 0 Å². The van der Waals surface area contributed by atoms with Gasteiger partial charge in [-0.2, -0.15) is 0 Å². The number of unbranched alkanes of at least 4 members (excludes halogenated alkanes) is 1. The Morgan fingerprint density at radius 1 is 1.26 bits per heavy atom. The minimum absolute atomic E-state index is 0.0455. The second kappa shape index (κ2) is 8.15. The first-order valence-electron chi connectivity index (χ1n) is 7.19. The molecule has 0 radical (unpaired) electrons. The van der Waals surface area contributed by atoms with Gasteiger partial charge in [0.05, 0.1) is 0 Å². The molecule has 0 aromatic heterocycles. The van der Waals surface area contributed by atoms with Crippen LogP contribution in [-0.4, -0.2) is 36.6 Å². The molecule has 2 unspecified atom stereocenters. The fourth-order valence-electron chi connectivity index (χ4n) is 2.12. The van der Waals surface area contributed by atoms with Crippen LogP contribution in [0.5, 0.6) is 0 Å². The number of aliphatic hydroxyl groups excluding tert-OH is 1. The van der Waals surface area contributed by atoms with Gasteiger partial charge in [-0.1, -0.05) is 26.7 Å². The first kappa shape index (κ1) is 16.0. The summed E-state index contributed by atoms with van der Waals surface area (Å²) in [6, 6.07) is 0. The molecule has 1 saturated carbocycles. The summed E-state index contributed by atoms with van der Waals surface area (Å²) in [5, 5.41) is 14.1. The van der Waals surface area contributed by atoms with E-state index in [-0.39, 0.29) is 23.7 Å². The Labute approximate surface area is 115 Å². The first-order chi connectivity index (χ1) is 9.04. The first-order valence-corrected chi connectivity index (χ1v) is 7.19. The second-order valence-electron chi connectivity index (χ2n) is 5.75. The third kappa shape index (κ3) is 6.57. The van der Waals surface area contributed by atoms with Gasteiger partial charge in [-0.3, -0.25) is 9.59 Å². The normalized spacial score (nSPS) is 21.3. The molecule has 0 heterocycles. The molecule has 2 atom stereocenters. The van der Waals surface area contributed by atoms with Gasteiger partial charge < -0.3 is 15.7 Å². The lowest BCUT2D eigenvalue weighted by Crippen LogP contribution is -2.31. The lowest BCUT2D eigenvalue weighted by molar-refractivity contribution is -0.125. The number of nitrogens with one attached hydrogen (secondary N) is 2. The molecule has 5 nitrogen and oxygen atoms in total. The molecular formula is C14H26N2O3. The van der Waals surface area contributed by atoms with Crippen molar-refractivity contribution in [2.75, 3.05) is 19.7 Å². The fraction of sp³-hybridized carbons (Fsp3) is 0.857. The summed E-state index contributed by atoms with van der Waals surface area (Å²) < 4.78 is 0. The lowest BCUT2D eigenvalue weighted by Gasteiger charge is -2.06. The zero-order valence-corrected chi connectivity index (χ0v) is 11.9. The van der Waals surface area contributed by atoms with Crippen molar-refractivity contribution < 1.29 is 14.7 Å². The maximum atomic E-state index is 11.8. The molecule has 19 heavy (non-hydrogen) atoms. The topological polar surface area (TPSA) is 78.4 Å². The number of amides is 2. The number of carbonyl (C=O) groups is 2. The van der Waals surface area contributed by atoms with Crippen LogP contribution in [0, 0.1) is 17.8 Å². The summed E-state index contributed by atoms with van der Waals surface area (Å²) in [6.45, 7) is 5.16. The van der Waals surface area contributed by atoms with Crippen LogP contribution in [-0.2, 0) is 9.59 Å². The summed E-state index contributed by atoms with van der Waals surface area (Å²) in [4.78, 5) is 22.6. The highest BCUT2D eigenvalue weighted by Gasteiger charge is 2.42. The number of carbonyl (C=O) groups excluding carboxylic acids is 2. The van der Waals surface area contributed by atoms with Gasteiger partial charge in [0.15, 0.2) is 0 Å². The summed E-state index contributed by atoms with van der Waals surface area (Å²) in [7, 11) is 0. The van der Waals surface area contributed by atoms with Crippen molar-refractivity contribution >= 4 is 11.8 Å². The predicted octanol–water partition coefficient (Wildman–Crippen LogP) is 0.674. The van der Waals surface area contributed by atoms with Crippen molar-refractivity contribution in [2.45, 2.75) is 39.5 Å². The van der Waals surface area contributed by atoms with E-state index in [0.717, 1.165) is 31.7 Å². The van der Waals surface area contributed by atoms with E-state index in [2.05, 4.69) is 24.5 Å². The van der Waals surface area contributed by atoms with Crippen molar-refractivity contribution in [3.05, 3.63) is 0 Å². The molecule has 0 aromatic rings. The molecule has 0 bridgehead atoms. The number of hydrogen-bond donors (Lipinski definition) is 3. The molecular weight excluding hydrogens is 244 g/mol. The van der Waals surface area contributed by atoms with E-state index in [1.807, 2.05) is 0 Å². The van der Waals surface area contributed by atoms with Gasteiger partial charge in [0, 0.05) is 19.0 Å². The van der Waals surface area contributed by atoms with Crippen LogP contribution in [0.2, 0.25) is 0 Å². The summed E-state index contributed by atoms with van der Waals surface area (Å²) in [5.41, 5.74) is 0. The second-order valence-corrected chi connectivity index (χ2v) is 5.75. The van der Waals surface area contributed by atoms with Crippen LogP contribution >= 0.6 is 0 Å². The van der Waals surface area contributed by atoms with E-state index in [1.54, 1.807) is 0 Å².